The lowest BCUT2D eigenvalue weighted by Crippen LogP contribution is -2.57. The summed E-state index contributed by atoms with van der Waals surface area (Å²) in [6.45, 7) is 1.16. The number of halogens is 2. The number of carbonyl (C=O) groups excluding carboxylic acids is 1. The molecule has 3 rings (SSSR count). The molecule has 1 spiro atoms. The van der Waals surface area contributed by atoms with E-state index in [1.165, 1.54) is 0 Å². The Morgan fingerprint density at radius 1 is 1.29 bits per heavy atom. The first kappa shape index (κ1) is 18.0. The zero-order valence-corrected chi connectivity index (χ0v) is 14.9. The van der Waals surface area contributed by atoms with Crippen LogP contribution in [0.1, 0.15) is 24.8 Å². The van der Waals surface area contributed by atoms with Crippen LogP contribution in [0, 0.1) is 5.92 Å². The van der Waals surface area contributed by atoms with Crippen LogP contribution < -0.4 is 11.1 Å². The summed E-state index contributed by atoms with van der Waals surface area (Å²) in [5.41, 5.74) is 7.17. The van der Waals surface area contributed by atoms with Gasteiger partial charge in [0.2, 0.25) is 5.91 Å². The van der Waals surface area contributed by atoms with Crippen LogP contribution in [0.5, 0.6) is 0 Å². The standard InChI is InChI=1S/C17H22Cl2N2O3/c18-17(19,21-15(22)10-12-4-2-1-3-5-12)13-6-7-16(11-14(13)20)23-8-9-24-16/h1-5,13-14H,6-11,20H2,(H,21,22). The molecule has 2 unspecified atom stereocenters. The number of ether oxygens (including phenoxy) is 2. The van der Waals surface area contributed by atoms with Gasteiger partial charge in [-0.2, -0.15) is 0 Å². The van der Waals surface area contributed by atoms with E-state index in [4.69, 9.17) is 38.4 Å². The average Bonchev–Trinajstić information content (AvgIpc) is 2.95. The van der Waals surface area contributed by atoms with Crippen molar-refractivity contribution in [2.45, 2.75) is 42.0 Å². The molecule has 2 fully saturated rings. The predicted molar refractivity (Wildman–Crippen MR) is 92.7 cm³/mol. The van der Waals surface area contributed by atoms with Crippen molar-refractivity contribution in [1.82, 2.24) is 5.32 Å². The first-order chi connectivity index (χ1) is 11.4. The van der Waals surface area contributed by atoms with E-state index in [0.717, 1.165) is 5.56 Å². The first-order valence-corrected chi connectivity index (χ1v) is 8.92. The molecule has 0 aromatic heterocycles. The zero-order valence-electron chi connectivity index (χ0n) is 13.3. The van der Waals surface area contributed by atoms with Gasteiger partial charge in [0.1, 0.15) is 0 Å². The monoisotopic (exact) mass is 372 g/mol. The van der Waals surface area contributed by atoms with Crippen LogP contribution >= 0.6 is 23.2 Å². The molecule has 24 heavy (non-hydrogen) atoms. The summed E-state index contributed by atoms with van der Waals surface area (Å²) in [5, 5.41) is 2.71. The third kappa shape index (κ3) is 4.03. The van der Waals surface area contributed by atoms with Crippen LogP contribution in [0.15, 0.2) is 30.3 Å². The molecule has 1 amide bonds. The Kier molecular flexibility index (Phi) is 5.37. The van der Waals surface area contributed by atoms with Crippen LogP contribution in [0.4, 0.5) is 0 Å². The lowest BCUT2D eigenvalue weighted by molar-refractivity contribution is -0.187. The number of hydrogen-bond acceptors (Lipinski definition) is 4. The number of nitrogens with one attached hydrogen (secondary N) is 1. The molecule has 1 heterocycles. The molecule has 1 aromatic carbocycles. The molecule has 2 atom stereocenters. The fraction of sp³-hybridized carbons (Fsp3) is 0.588. The number of hydrogen-bond donors (Lipinski definition) is 2. The molecule has 1 saturated carbocycles. The molecule has 0 radical (unpaired) electrons. The van der Waals surface area contributed by atoms with Gasteiger partial charge in [0.05, 0.1) is 19.6 Å². The van der Waals surface area contributed by atoms with Crippen molar-refractivity contribution in [3.8, 4) is 0 Å². The molecule has 2 aliphatic rings. The maximum Gasteiger partial charge on any atom is 0.226 e. The Labute approximate surface area is 151 Å². The summed E-state index contributed by atoms with van der Waals surface area (Å²) in [6.07, 6.45) is 2.04. The third-order valence-corrected chi connectivity index (χ3v) is 5.44. The number of amides is 1. The van der Waals surface area contributed by atoms with E-state index >= 15 is 0 Å². The van der Waals surface area contributed by atoms with Crippen molar-refractivity contribution in [3.63, 3.8) is 0 Å². The van der Waals surface area contributed by atoms with E-state index in [2.05, 4.69) is 5.32 Å². The molecule has 1 aromatic rings. The van der Waals surface area contributed by atoms with Crippen molar-refractivity contribution < 1.29 is 14.3 Å². The highest BCUT2D eigenvalue weighted by atomic mass is 35.5. The SMILES string of the molecule is NC1CC2(CCC1C(Cl)(Cl)NC(=O)Cc1ccccc1)OCCO2. The van der Waals surface area contributed by atoms with Gasteiger partial charge in [0.15, 0.2) is 10.2 Å². The van der Waals surface area contributed by atoms with Gasteiger partial charge in [0.25, 0.3) is 0 Å². The molecular formula is C17H22Cl2N2O3. The Hall–Kier alpha value is -0.850. The molecular weight excluding hydrogens is 351 g/mol. The van der Waals surface area contributed by atoms with Gasteiger partial charge in [-0.15, -0.1) is 0 Å². The zero-order chi connectivity index (χ0) is 17.2. The van der Waals surface area contributed by atoms with Gasteiger partial charge < -0.3 is 20.5 Å². The van der Waals surface area contributed by atoms with Crippen LogP contribution in [-0.4, -0.2) is 35.4 Å². The van der Waals surface area contributed by atoms with Crippen molar-refractivity contribution in [3.05, 3.63) is 35.9 Å². The minimum atomic E-state index is -1.41. The van der Waals surface area contributed by atoms with Gasteiger partial charge in [-0.05, 0) is 12.0 Å². The minimum Gasteiger partial charge on any atom is -0.347 e. The van der Waals surface area contributed by atoms with Crippen LogP contribution in [0.2, 0.25) is 0 Å². The molecule has 1 saturated heterocycles. The summed E-state index contributed by atoms with van der Waals surface area (Å²) in [6, 6.07) is 9.12. The molecule has 5 nitrogen and oxygen atoms in total. The fourth-order valence-corrected chi connectivity index (χ4v) is 4.26. The topological polar surface area (TPSA) is 73.6 Å². The Morgan fingerprint density at radius 2 is 1.96 bits per heavy atom. The number of alkyl halides is 2. The first-order valence-electron chi connectivity index (χ1n) is 8.16. The van der Waals surface area contributed by atoms with E-state index < -0.39 is 10.2 Å². The van der Waals surface area contributed by atoms with Gasteiger partial charge in [-0.1, -0.05) is 53.5 Å². The number of rotatable bonds is 4. The van der Waals surface area contributed by atoms with E-state index in [0.29, 0.717) is 32.5 Å². The maximum absolute atomic E-state index is 12.3. The van der Waals surface area contributed by atoms with E-state index in [-0.39, 0.29) is 24.3 Å². The van der Waals surface area contributed by atoms with Crippen molar-refractivity contribution in [1.29, 1.82) is 0 Å². The van der Waals surface area contributed by atoms with E-state index in [1.807, 2.05) is 30.3 Å². The van der Waals surface area contributed by atoms with Crippen molar-refractivity contribution in [2.75, 3.05) is 13.2 Å². The third-order valence-electron chi connectivity index (χ3n) is 4.69. The van der Waals surface area contributed by atoms with E-state index in [1.54, 1.807) is 0 Å². The second kappa shape index (κ2) is 7.18. The summed E-state index contributed by atoms with van der Waals surface area (Å²) in [5.74, 6) is -1.10. The van der Waals surface area contributed by atoms with E-state index in [9.17, 15) is 4.79 Å². The Morgan fingerprint density at radius 3 is 2.58 bits per heavy atom. The number of carbonyl (C=O) groups is 1. The van der Waals surface area contributed by atoms with Crippen LogP contribution in [-0.2, 0) is 20.7 Å². The number of benzene rings is 1. The Bertz CT molecular complexity index is 576. The molecule has 1 aliphatic carbocycles. The second-order valence-corrected chi connectivity index (χ2v) is 7.84. The van der Waals surface area contributed by atoms with Gasteiger partial charge >= 0.3 is 0 Å². The summed E-state index contributed by atoms with van der Waals surface area (Å²) in [7, 11) is 0. The minimum absolute atomic E-state index is 0.222. The van der Waals surface area contributed by atoms with Gasteiger partial charge in [0, 0.05) is 24.8 Å². The van der Waals surface area contributed by atoms with Crippen LogP contribution in [0.3, 0.4) is 0 Å². The largest absolute Gasteiger partial charge is 0.347 e. The molecule has 1 aliphatic heterocycles. The molecule has 0 bridgehead atoms. The molecule has 132 valence electrons. The summed E-state index contributed by atoms with van der Waals surface area (Å²) >= 11 is 12.9. The lowest BCUT2D eigenvalue weighted by Gasteiger charge is -2.43. The van der Waals surface area contributed by atoms with Crippen molar-refractivity contribution >= 4 is 29.1 Å². The Balaban J connectivity index is 1.59. The quantitative estimate of drug-likeness (QED) is 0.628. The summed E-state index contributed by atoms with van der Waals surface area (Å²) in [4.78, 5) is 12.3. The highest BCUT2D eigenvalue weighted by Gasteiger charge is 2.50. The predicted octanol–water partition coefficient (Wildman–Crippen LogP) is 2.35. The fourth-order valence-electron chi connectivity index (χ4n) is 3.51. The normalized spacial score (nSPS) is 26.5. The highest BCUT2D eigenvalue weighted by molar-refractivity contribution is 6.49. The second-order valence-electron chi connectivity index (χ2n) is 6.45. The number of nitrogens with two attached hydrogens (primary N) is 1. The smallest absolute Gasteiger partial charge is 0.226 e. The highest BCUT2D eigenvalue weighted by Crippen LogP contribution is 2.44. The van der Waals surface area contributed by atoms with Gasteiger partial charge in [-0.3, -0.25) is 4.79 Å². The molecule has 3 N–H and O–H groups in total. The maximum atomic E-state index is 12.3. The van der Waals surface area contributed by atoms with Crippen LogP contribution in [0.25, 0.3) is 0 Å². The average molecular weight is 373 g/mol. The lowest BCUT2D eigenvalue weighted by atomic mass is 9.80. The summed E-state index contributed by atoms with van der Waals surface area (Å²) < 4.78 is 9.98. The van der Waals surface area contributed by atoms with Crippen molar-refractivity contribution in [2.24, 2.45) is 11.7 Å². The van der Waals surface area contributed by atoms with Gasteiger partial charge in [-0.25, -0.2) is 0 Å². The molecule has 7 heteroatoms.